The van der Waals surface area contributed by atoms with Gasteiger partial charge in [0, 0.05) is 13.0 Å². The lowest BCUT2D eigenvalue weighted by Gasteiger charge is -2.37. The third-order valence-electron chi connectivity index (χ3n) is 5.64. The molecule has 1 amide bonds. The minimum Gasteiger partial charge on any atom is -0.445 e. The summed E-state index contributed by atoms with van der Waals surface area (Å²) in [5, 5.41) is 0.957. The molecule has 5 rings (SSSR count). The number of nitrogens with zero attached hydrogens (tertiary/aromatic N) is 2. The Morgan fingerprint density at radius 2 is 2.00 bits per heavy atom. The third kappa shape index (κ3) is 2.71. The lowest BCUT2D eigenvalue weighted by atomic mass is 9.88. The summed E-state index contributed by atoms with van der Waals surface area (Å²) in [6.45, 7) is 2.39. The van der Waals surface area contributed by atoms with Crippen LogP contribution in [0, 0.1) is 0 Å². The van der Waals surface area contributed by atoms with Gasteiger partial charge in [0.05, 0.1) is 21.8 Å². The molecule has 0 spiro atoms. The molecule has 2 atom stereocenters. The Hall–Kier alpha value is -2.73. The number of likely N-dealkylation sites (tertiary alicyclic amines) is 1. The first kappa shape index (κ1) is 17.4. The zero-order valence-corrected chi connectivity index (χ0v) is 16.4. The molecule has 1 saturated heterocycles. The van der Waals surface area contributed by atoms with Gasteiger partial charge in [0.2, 0.25) is 0 Å². The SMILES string of the molecule is C[C@@]1(C(=O)N2CCC[C@H]2c2nc3ccccc3s2)Cc2ccccc2C(=O)O1. The lowest BCUT2D eigenvalue weighted by Crippen LogP contribution is -2.53. The molecule has 0 N–H and O–H groups in total. The van der Waals surface area contributed by atoms with Crippen LogP contribution in [0.4, 0.5) is 0 Å². The van der Waals surface area contributed by atoms with Crippen LogP contribution >= 0.6 is 11.3 Å². The molecule has 0 radical (unpaired) electrons. The van der Waals surface area contributed by atoms with E-state index in [1.54, 1.807) is 24.3 Å². The predicted molar refractivity (Wildman–Crippen MR) is 107 cm³/mol. The monoisotopic (exact) mass is 392 g/mol. The first-order valence-electron chi connectivity index (χ1n) is 9.53. The molecule has 1 aromatic heterocycles. The van der Waals surface area contributed by atoms with Gasteiger partial charge in [-0.05, 0) is 43.5 Å². The van der Waals surface area contributed by atoms with Crippen molar-refractivity contribution in [1.82, 2.24) is 9.88 Å². The van der Waals surface area contributed by atoms with Gasteiger partial charge in [-0.15, -0.1) is 11.3 Å². The average Bonchev–Trinajstić information content (AvgIpc) is 3.33. The summed E-state index contributed by atoms with van der Waals surface area (Å²) in [6, 6.07) is 15.3. The van der Waals surface area contributed by atoms with Gasteiger partial charge >= 0.3 is 5.97 Å². The predicted octanol–water partition coefficient (Wildman–Crippen LogP) is 4.13. The molecule has 6 heteroatoms. The van der Waals surface area contributed by atoms with E-state index < -0.39 is 11.6 Å². The van der Waals surface area contributed by atoms with E-state index in [0.29, 0.717) is 18.5 Å². The van der Waals surface area contributed by atoms with Crippen molar-refractivity contribution >= 4 is 33.4 Å². The highest BCUT2D eigenvalue weighted by atomic mass is 32.1. The van der Waals surface area contributed by atoms with E-state index in [0.717, 1.165) is 33.6 Å². The van der Waals surface area contributed by atoms with Crippen LogP contribution in [-0.4, -0.2) is 33.9 Å². The number of benzene rings is 2. The summed E-state index contributed by atoms with van der Waals surface area (Å²) >= 11 is 1.64. The topological polar surface area (TPSA) is 59.5 Å². The van der Waals surface area contributed by atoms with E-state index >= 15 is 0 Å². The molecule has 1 fully saturated rings. The van der Waals surface area contributed by atoms with Crippen molar-refractivity contribution in [1.29, 1.82) is 0 Å². The highest BCUT2D eigenvalue weighted by Gasteiger charge is 2.47. The molecule has 5 nitrogen and oxygen atoms in total. The quantitative estimate of drug-likeness (QED) is 0.615. The fourth-order valence-corrected chi connectivity index (χ4v) is 5.37. The Bertz CT molecular complexity index is 1060. The van der Waals surface area contributed by atoms with Crippen molar-refractivity contribution in [3.63, 3.8) is 0 Å². The normalized spacial score (nSPS) is 24.2. The number of esters is 1. The number of fused-ring (bicyclic) bond motifs is 2. The molecule has 0 unspecified atom stereocenters. The summed E-state index contributed by atoms with van der Waals surface area (Å²) in [4.78, 5) is 32.6. The lowest BCUT2D eigenvalue weighted by molar-refractivity contribution is -0.152. The molecule has 3 aromatic rings. The first-order valence-corrected chi connectivity index (χ1v) is 10.3. The van der Waals surface area contributed by atoms with E-state index in [1.807, 2.05) is 41.3 Å². The molecule has 0 bridgehead atoms. The molecule has 2 aliphatic heterocycles. The smallest absolute Gasteiger partial charge is 0.339 e. The van der Waals surface area contributed by atoms with Gasteiger partial charge in [0.15, 0.2) is 5.60 Å². The minimum absolute atomic E-state index is 0.0578. The molecule has 28 heavy (non-hydrogen) atoms. The van der Waals surface area contributed by atoms with Crippen LogP contribution in [0.5, 0.6) is 0 Å². The van der Waals surface area contributed by atoms with Crippen molar-refractivity contribution < 1.29 is 14.3 Å². The molecule has 142 valence electrons. The average molecular weight is 392 g/mol. The van der Waals surface area contributed by atoms with Crippen LogP contribution < -0.4 is 0 Å². The van der Waals surface area contributed by atoms with E-state index in [-0.39, 0.29) is 11.9 Å². The van der Waals surface area contributed by atoms with Crippen LogP contribution in [0.15, 0.2) is 48.5 Å². The van der Waals surface area contributed by atoms with Gasteiger partial charge in [-0.1, -0.05) is 30.3 Å². The van der Waals surface area contributed by atoms with Crippen LogP contribution in [0.25, 0.3) is 10.2 Å². The Morgan fingerprint density at radius 1 is 1.21 bits per heavy atom. The van der Waals surface area contributed by atoms with Gasteiger partial charge in [0.1, 0.15) is 5.01 Å². The number of amides is 1. The molecular weight excluding hydrogens is 372 g/mol. The number of ether oxygens (including phenoxy) is 1. The van der Waals surface area contributed by atoms with E-state index in [4.69, 9.17) is 9.72 Å². The zero-order chi connectivity index (χ0) is 19.3. The second kappa shape index (κ2) is 6.41. The largest absolute Gasteiger partial charge is 0.445 e. The van der Waals surface area contributed by atoms with E-state index in [1.165, 1.54) is 0 Å². The van der Waals surface area contributed by atoms with Crippen molar-refractivity contribution in [2.45, 2.75) is 37.8 Å². The maximum Gasteiger partial charge on any atom is 0.339 e. The Morgan fingerprint density at radius 3 is 2.86 bits per heavy atom. The Kier molecular flexibility index (Phi) is 3.98. The molecule has 0 aliphatic carbocycles. The van der Waals surface area contributed by atoms with Gasteiger partial charge in [-0.2, -0.15) is 0 Å². The number of aromatic nitrogens is 1. The summed E-state index contributed by atoms with van der Waals surface area (Å²) in [6.07, 6.45) is 2.20. The third-order valence-corrected chi connectivity index (χ3v) is 6.78. The summed E-state index contributed by atoms with van der Waals surface area (Å²) in [5.74, 6) is -0.550. The van der Waals surface area contributed by atoms with Crippen molar-refractivity contribution in [2.24, 2.45) is 0 Å². The number of cyclic esters (lactones) is 1. The van der Waals surface area contributed by atoms with Crippen LogP contribution in [0.3, 0.4) is 0 Å². The number of thiazole rings is 1. The first-order chi connectivity index (χ1) is 13.5. The summed E-state index contributed by atoms with van der Waals surface area (Å²) in [5.41, 5.74) is 1.21. The summed E-state index contributed by atoms with van der Waals surface area (Å²) < 4.78 is 6.80. The Balaban J connectivity index is 1.46. The maximum absolute atomic E-state index is 13.5. The second-order valence-corrected chi connectivity index (χ2v) is 8.69. The van der Waals surface area contributed by atoms with Gasteiger partial charge in [-0.3, -0.25) is 4.79 Å². The van der Waals surface area contributed by atoms with Crippen molar-refractivity contribution in [2.75, 3.05) is 6.54 Å². The zero-order valence-electron chi connectivity index (χ0n) is 15.6. The number of para-hydroxylation sites is 1. The molecule has 2 aromatic carbocycles. The highest BCUT2D eigenvalue weighted by Crippen LogP contribution is 2.39. The number of hydrogen-bond acceptors (Lipinski definition) is 5. The molecule has 2 aliphatic rings. The van der Waals surface area contributed by atoms with Crippen LogP contribution in [0.1, 0.15) is 46.7 Å². The van der Waals surface area contributed by atoms with Gasteiger partial charge in [0.25, 0.3) is 5.91 Å². The van der Waals surface area contributed by atoms with E-state index in [9.17, 15) is 9.59 Å². The number of rotatable bonds is 2. The van der Waals surface area contributed by atoms with Crippen LogP contribution in [0.2, 0.25) is 0 Å². The molecular formula is C22H20N2O3S. The van der Waals surface area contributed by atoms with Gasteiger partial charge < -0.3 is 9.64 Å². The minimum atomic E-state index is -1.18. The molecule has 0 saturated carbocycles. The second-order valence-electron chi connectivity index (χ2n) is 7.63. The number of carbonyl (C=O) groups is 2. The maximum atomic E-state index is 13.5. The highest BCUT2D eigenvalue weighted by molar-refractivity contribution is 7.18. The van der Waals surface area contributed by atoms with Crippen molar-refractivity contribution in [3.8, 4) is 0 Å². The van der Waals surface area contributed by atoms with Crippen LogP contribution in [-0.2, 0) is 16.0 Å². The van der Waals surface area contributed by atoms with Gasteiger partial charge in [-0.25, -0.2) is 9.78 Å². The summed E-state index contributed by atoms with van der Waals surface area (Å²) in [7, 11) is 0. The van der Waals surface area contributed by atoms with Crippen molar-refractivity contribution in [3.05, 3.63) is 64.7 Å². The fraction of sp³-hybridized carbons (Fsp3) is 0.318. The standard InChI is InChI=1S/C22H20N2O3S/c1-22(13-14-7-2-3-8-15(14)20(25)27-22)21(26)24-12-6-10-17(24)19-23-16-9-4-5-11-18(16)28-19/h2-5,7-9,11,17H,6,10,12-13H2,1H3/t17-,22-/m0/s1. The fourth-order valence-electron chi connectivity index (χ4n) is 4.25. The van der Waals surface area contributed by atoms with E-state index in [2.05, 4.69) is 6.07 Å². The number of hydrogen-bond donors (Lipinski definition) is 0. The Labute approximate surface area is 166 Å². The molecule has 3 heterocycles. The number of carbonyl (C=O) groups excluding carboxylic acids is 2.